The van der Waals surface area contributed by atoms with E-state index in [1.807, 2.05) is 0 Å². The van der Waals surface area contributed by atoms with Gasteiger partial charge in [-0.15, -0.1) is 0 Å². The second-order valence-corrected chi connectivity index (χ2v) is 7.82. The molecule has 0 radical (unpaired) electrons. The number of nitrogens with one attached hydrogen (secondary N) is 1. The van der Waals surface area contributed by atoms with Crippen molar-refractivity contribution in [3.8, 4) is 0 Å². The highest BCUT2D eigenvalue weighted by Crippen LogP contribution is 2.30. The van der Waals surface area contributed by atoms with E-state index in [0.717, 1.165) is 44.1 Å². The van der Waals surface area contributed by atoms with Crippen LogP contribution < -0.4 is 5.32 Å². The van der Waals surface area contributed by atoms with E-state index in [-0.39, 0.29) is 36.3 Å². The molecule has 1 N–H and O–H groups in total. The Balaban J connectivity index is 1.38. The summed E-state index contributed by atoms with van der Waals surface area (Å²) in [5.41, 5.74) is -1.05. The molecule has 0 bridgehead atoms. The van der Waals surface area contributed by atoms with Crippen molar-refractivity contribution >= 4 is 17.5 Å². The molecule has 0 saturated carbocycles. The van der Waals surface area contributed by atoms with Gasteiger partial charge >= 0.3 is 0 Å². The molecule has 3 aliphatic rings. The first-order valence-corrected chi connectivity index (χ1v) is 9.97. The molecule has 30 heavy (non-hydrogen) atoms. The third kappa shape index (κ3) is 3.94. The highest BCUT2D eigenvalue weighted by Gasteiger charge is 2.46. The van der Waals surface area contributed by atoms with E-state index in [9.17, 15) is 18.4 Å². The van der Waals surface area contributed by atoms with Gasteiger partial charge in [0, 0.05) is 37.6 Å². The lowest BCUT2D eigenvalue weighted by Gasteiger charge is -2.23. The number of rotatable bonds is 5. The predicted molar refractivity (Wildman–Crippen MR) is 104 cm³/mol. The lowest BCUT2D eigenvalue weighted by molar-refractivity contribution is -0.140. The minimum absolute atomic E-state index is 0.0189. The maximum absolute atomic E-state index is 13.5. The molecule has 0 aliphatic carbocycles. The molecule has 3 heterocycles. The largest absolute Gasteiger partial charge is 0.374 e. The first-order valence-electron chi connectivity index (χ1n) is 9.97. The summed E-state index contributed by atoms with van der Waals surface area (Å²) in [6.45, 7) is 5.36. The molecule has 3 atom stereocenters. The molecule has 3 aliphatic heterocycles. The van der Waals surface area contributed by atoms with Gasteiger partial charge in [0.25, 0.3) is 11.8 Å². The fraction of sp³-hybridized carbons (Fsp3) is 0.476. The predicted octanol–water partition coefficient (Wildman–Crippen LogP) is 1.91. The number of amides is 2. The van der Waals surface area contributed by atoms with E-state index < -0.39 is 29.2 Å². The van der Waals surface area contributed by atoms with Gasteiger partial charge in [0.2, 0.25) is 5.60 Å². The maximum Gasteiger partial charge on any atom is 0.271 e. The Morgan fingerprint density at radius 1 is 1.23 bits per heavy atom. The summed E-state index contributed by atoms with van der Waals surface area (Å²) in [7, 11) is 0. The zero-order valence-electron chi connectivity index (χ0n) is 16.4. The molecule has 1 unspecified atom stereocenters. The Bertz CT molecular complexity index is 880. The summed E-state index contributed by atoms with van der Waals surface area (Å²) in [5.74, 6) is -2.02. The van der Waals surface area contributed by atoms with Gasteiger partial charge in [0.05, 0.1) is 18.4 Å². The molecule has 0 spiro atoms. The quantitative estimate of drug-likeness (QED) is 0.740. The molecule has 160 valence electrons. The molecule has 2 saturated heterocycles. The van der Waals surface area contributed by atoms with Crippen molar-refractivity contribution in [2.24, 2.45) is 5.16 Å². The Morgan fingerprint density at radius 3 is 2.60 bits per heavy atom. The molecular weight excluding hydrogens is 396 g/mol. The number of carbonyl (C=O) groups is 2. The fourth-order valence-electron chi connectivity index (χ4n) is 4.00. The molecule has 9 heteroatoms. The lowest BCUT2D eigenvalue weighted by atomic mass is 9.92. The topological polar surface area (TPSA) is 80.2 Å². The van der Waals surface area contributed by atoms with Crippen LogP contribution >= 0.6 is 0 Å². The number of ether oxygens (including phenoxy) is 1. The van der Waals surface area contributed by atoms with E-state index >= 15 is 0 Å². The number of hydrogen-bond donors (Lipinski definition) is 1. The van der Waals surface area contributed by atoms with Crippen LogP contribution in [0.5, 0.6) is 0 Å². The van der Waals surface area contributed by atoms with Crippen LogP contribution in [-0.4, -0.2) is 59.9 Å². The third-order valence-electron chi connectivity index (χ3n) is 5.68. The van der Waals surface area contributed by atoms with E-state index in [0.29, 0.717) is 6.42 Å². The highest BCUT2D eigenvalue weighted by atomic mass is 19.1. The van der Waals surface area contributed by atoms with Crippen LogP contribution in [0.1, 0.15) is 31.2 Å². The summed E-state index contributed by atoms with van der Waals surface area (Å²) >= 11 is 0. The standard InChI is InChI=1S/C21H23F2N3O4/c1-2-21(11-17(25-30-21)13-7-14(22)9-15(23)8-13)20(28)24-16-10-18(29-12-16)19(27)26-5-3-4-6-26/h2,7-9,16,18H,1,3-6,10-12H2,(H,24,28)/t16-,18-,21?/m0/s1. The summed E-state index contributed by atoms with van der Waals surface area (Å²) < 4.78 is 32.6. The molecule has 2 fully saturated rings. The number of benzene rings is 1. The average Bonchev–Trinajstić information content (AvgIpc) is 3.47. The summed E-state index contributed by atoms with van der Waals surface area (Å²) in [6, 6.07) is 2.65. The summed E-state index contributed by atoms with van der Waals surface area (Å²) in [5, 5.41) is 6.69. The normalized spacial score (nSPS) is 28.2. The van der Waals surface area contributed by atoms with E-state index in [4.69, 9.17) is 9.57 Å². The number of nitrogens with zero attached hydrogens (tertiary/aromatic N) is 2. The van der Waals surface area contributed by atoms with Crippen LogP contribution in [0.4, 0.5) is 8.78 Å². The van der Waals surface area contributed by atoms with Gasteiger partial charge in [0.15, 0.2) is 0 Å². The van der Waals surface area contributed by atoms with Crippen molar-refractivity contribution < 1.29 is 27.9 Å². The second-order valence-electron chi connectivity index (χ2n) is 7.82. The van der Waals surface area contributed by atoms with Gasteiger partial charge in [-0.3, -0.25) is 9.59 Å². The van der Waals surface area contributed by atoms with Crippen LogP contribution in [0.2, 0.25) is 0 Å². The first-order chi connectivity index (χ1) is 14.4. The van der Waals surface area contributed by atoms with Gasteiger partial charge in [-0.25, -0.2) is 8.78 Å². The Labute approximate surface area is 172 Å². The van der Waals surface area contributed by atoms with Crippen LogP contribution in [0.25, 0.3) is 0 Å². The molecule has 1 aromatic rings. The second kappa shape index (κ2) is 8.14. The highest BCUT2D eigenvalue weighted by molar-refractivity contribution is 6.06. The molecule has 2 amide bonds. The number of oxime groups is 1. The van der Waals surface area contributed by atoms with Gasteiger partial charge < -0.3 is 19.8 Å². The first kappa shape index (κ1) is 20.5. The lowest BCUT2D eigenvalue weighted by Crippen LogP contribution is -2.49. The number of halogens is 2. The zero-order chi connectivity index (χ0) is 21.3. The summed E-state index contributed by atoms with van der Waals surface area (Å²) in [6.07, 6.45) is 3.09. The van der Waals surface area contributed by atoms with Crippen molar-refractivity contribution in [1.29, 1.82) is 0 Å². The van der Waals surface area contributed by atoms with Crippen molar-refractivity contribution in [2.45, 2.75) is 43.4 Å². The van der Waals surface area contributed by atoms with Gasteiger partial charge in [-0.1, -0.05) is 11.7 Å². The SMILES string of the molecule is C=CC1(C(=O)N[C@@H]2CO[C@H](C(=O)N3CCCC3)C2)CC(c2cc(F)cc(F)c2)=NO1. The molecular formula is C21H23F2N3O4. The van der Waals surface area contributed by atoms with Crippen molar-refractivity contribution in [2.75, 3.05) is 19.7 Å². The zero-order valence-corrected chi connectivity index (χ0v) is 16.4. The van der Waals surface area contributed by atoms with Gasteiger partial charge in [-0.2, -0.15) is 0 Å². The van der Waals surface area contributed by atoms with Crippen LogP contribution in [0.15, 0.2) is 36.0 Å². The van der Waals surface area contributed by atoms with E-state index in [1.54, 1.807) is 4.90 Å². The van der Waals surface area contributed by atoms with E-state index in [1.165, 1.54) is 6.08 Å². The fourth-order valence-corrected chi connectivity index (χ4v) is 4.00. The van der Waals surface area contributed by atoms with Gasteiger partial charge in [0.1, 0.15) is 17.7 Å². The van der Waals surface area contributed by atoms with Crippen LogP contribution in [0.3, 0.4) is 0 Å². The maximum atomic E-state index is 13.5. The number of likely N-dealkylation sites (tertiary alicyclic amines) is 1. The third-order valence-corrected chi connectivity index (χ3v) is 5.68. The number of hydrogen-bond acceptors (Lipinski definition) is 5. The average molecular weight is 419 g/mol. The Hall–Kier alpha value is -2.81. The minimum Gasteiger partial charge on any atom is -0.374 e. The van der Waals surface area contributed by atoms with Gasteiger partial charge in [-0.05, 0) is 31.1 Å². The van der Waals surface area contributed by atoms with Crippen LogP contribution in [0, 0.1) is 11.6 Å². The molecule has 0 aromatic heterocycles. The van der Waals surface area contributed by atoms with E-state index in [2.05, 4.69) is 17.1 Å². The molecule has 4 rings (SSSR count). The van der Waals surface area contributed by atoms with Crippen molar-refractivity contribution in [1.82, 2.24) is 10.2 Å². The number of carbonyl (C=O) groups excluding carboxylic acids is 2. The van der Waals surface area contributed by atoms with Crippen molar-refractivity contribution in [3.05, 3.63) is 48.1 Å². The monoisotopic (exact) mass is 419 g/mol. The van der Waals surface area contributed by atoms with Crippen molar-refractivity contribution in [3.63, 3.8) is 0 Å². The summed E-state index contributed by atoms with van der Waals surface area (Å²) in [4.78, 5) is 32.5. The minimum atomic E-state index is -1.49. The Kier molecular flexibility index (Phi) is 5.55. The Morgan fingerprint density at radius 2 is 1.93 bits per heavy atom. The van der Waals surface area contributed by atoms with Crippen LogP contribution in [-0.2, 0) is 19.2 Å². The smallest absolute Gasteiger partial charge is 0.271 e. The molecule has 1 aromatic carbocycles. The molecule has 7 nitrogen and oxygen atoms in total.